The summed E-state index contributed by atoms with van der Waals surface area (Å²) in [6.07, 6.45) is 3.90. The van der Waals surface area contributed by atoms with Crippen molar-refractivity contribution in [3.63, 3.8) is 0 Å². The summed E-state index contributed by atoms with van der Waals surface area (Å²) in [5, 5.41) is 0.752. The van der Waals surface area contributed by atoms with Crippen molar-refractivity contribution in [2.75, 3.05) is 0 Å². The van der Waals surface area contributed by atoms with Gasteiger partial charge in [0.2, 0.25) is 0 Å². The molecular weight excluding hydrogens is 170 g/mol. The average molecular weight is 182 g/mol. The van der Waals surface area contributed by atoms with E-state index < -0.39 is 0 Å². The van der Waals surface area contributed by atoms with E-state index in [9.17, 15) is 0 Å². The van der Waals surface area contributed by atoms with Crippen molar-refractivity contribution in [1.29, 1.82) is 0 Å². The van der Waals surface area contributed by atoms with Gasteiger partial charge in [0.1, 0.15) is 0 Å². The Morgan fingerprint density at radius 1 is 1.50 bits per heavy atom. The number of rotatable bonds is 2. The molecule has 0 aliphatic heterocycles. The van der Waals surface area contributed by atoms with Gasteiger partial charge in [-0.15, -0.1) is 0 Å². The fourth-order valence-corrected chi connectivity index (χ4v) is 1.07. The van der Waals surface area contributed by atoms with Gasteiger partial charge < -0.3 is 5.73 Å². The van der Waals surface area contributed by atoms with Crippen molar-refractivity contribution in [3.05, 3.63) is 40.9 Å². The van der Waals surface area contributed by atoms with E-state index in [0.717, 1.165) is 10.6 Å². The minimum atomic E-state index is 0.0870. The number of halogens is 1. The molecule has 2 heteroatoms. The minimum absolute atomic E-state index is 0.0870. The molecule has 0 aromatic heterocycles. The van der Waals surface area contributed by atoms with E-state index in [1.165, 1.54) is 0 Å². The molecule has 0 aliphatic rings. The molecule has 0 heterocycles. The maximum Gasteiger partial charge on any atom is 0.0411 e. The van der Waals surface area contributed by atoms with E-state index in [1.807, 2.05) is 43.3 Å². The van der Waals surface area contributed by atoms with Crippen LogP contribution in [0, 0.1) is 0 Å². The Balaban J connectivity index is 2.76. The van der Waals surface area contributed by atoms with Gasteiger partial charge in [0.25, 0.3) is 0 Å². The lowest BCUT2D eigenvalue weighted by atomic mass is 10.2. The van der Waals surface area contributed by atoms with E-state index in [1.54, 1.807) is 0 Å². The molecular formula is C10H12ClN. The predicted octanol–water partition coefficient (Wildman–Crippen LogP) is 2.70. The van der Waals surface area contributed by atoms with Crippen LogP contribution in [0.1, 0.15) is 12.5 Å². The first-order valence-electron chi connectivity index (χ1n) is 3.88. The second-order valence-electron chi connectivity index (χ2n) is 2.77. The Hall–Kier alpha value is -0.790. The Morgan fingerprint density at radius 3 is 2.83 bits per heavy atom. The van der Waals surface area contributed by atoms with Gasteiger partial charge in [0.15, 0.2) is 0 Å². The van der Waals surface area contributed by atoms with Gasteiger partial charge in [0, 0.05) is 11.1 Å². The molecule has 1 aromatic carbocycles. The standard InChI is InChI=1S/C10H12ClN/c1-8(12)5-6-9-3-2-4-10(11)7-9/h2-8H,12H2,1H3/b6-5+. The molecule has 0 saturated heterocycles. The lowest BCUT2D eigenvalue weighted by Gasteiger charge is -1.96. The van der Waals surface area contributed by atoms with Gasteiger partial charge in [-0.05, 0) is 24.6 Å². The quantitative estimate of drug-likeness (QED) is 0.746. The Bertz CT molecular complexity index is 279. The summed E-state index contributed by atoms with van der Waals surface area (Å²) in [6, 6.07) is 7.75. The zero-order valence-electron chi connectivity index (χ0n) is 7.00. The predicted molar refractivity (Wildman–Crippen MR) is 54.1 cm³/mol. The molecule has 1 nitrogen and oxygen atoms in total. The monoisotopic (exact) mass is 181 g/mol. The fourth-order valence-electron chi connectivity index (χ4n) is 0.873. The summed E-state index contributed by atoms with van der Waals surface area (Å²) < 4.78 is 0. The molecule has 0 fully saturated rings. The van der Waals surface area contributed by atoms with Crippen LogP contribution in [0.5, 0.6) is 0 Å². The minimum Gasteiger partial charge on any atom is -0.325 e. The SMILES string of the molecule is CC(N)/C=C/c1cccc(Cl)c1. The van der Waals surface area contributed by atoms with Crippen LogP contribution in [0.4, 0.5) is 0 Å². The summed E-state index contributed by atoms with van der Waals surface area (Å²) >= 11 is 5.80. The second-order valence-corrected chi connectivity index (χ2v) is 3.21. The summed E-state index contributed by atoms with van der Waals surface area (Å²) in [7, 11) is 0. The van der Waals surface area contributed by atoms with Crippen LogP contribution >= 0.6 is 11.6 Å². The summed E-state index contributed by atoms with van der Waals surface area (Å²) in [6.45, 7) is 1.93. The first-order valence-corrected chi connectivity index (χ1v) is 4.25. The van der Waals surface area contributed by atoms with Crippen LogP contribution in [0.3, 0.4) is 0 Å². The maximum absolute atomic E-state index is 5.80. The van der Waals surface area contributed by atoms with Crippen LogP contribution in [-0.4, -0.2) is 6.04 Å². The Labute approximate surface area is 77.8 Å². The molecule has 1 atom stereocenters. The summed E-state index contributed by atoms with van der Waals surface area (Å²) in [4.78, 5) is 0. The van der Waals surface area contributed by atoms with Crippen molar-refractivity contribution in [2.24, 2.45) is 5.73 Å². The normalized spacial score (nSPS) is 13.6. The molecule has 2 N–H and O–H groups in total. The van der Waals surface area contributed by atoms with E-state index in [4.69, 9.17) is 17.3 Å². The largest absolute Gasteiger partial charge is 0.325 e. The molecule has 0 aliphatic carbocycles. The van der Waals surface area contributed by atoms with Crippen molar-refractivity contribution in [1.82, 2.24) is 0 Å². The van der Waals surface area contributed by atoms with Gasteiger partial charge in [-0.25, -0.2) is 0 Å². The van der Waals surface area contributed by atoms with Gasteiger partial charge >= 0.3 is 0 Å². The highest BCUT2D eigenvalue weighted by Crippen LogP contribution is 2.11. The molecule has 12 heavy (non-hydrogen) atoms. The molecule has 0 radical (unpaired) electrons. The van der Waals surface area contributed by atoms with E-state index in [0.29, 0.717) is 0 Å². The van der Waals surface area contributed by atoms with Crippen molar-refractivity contribution in [2.45, 2.75) is 13.0 Å². The maximum atomic E-state index is 5.80. The molecule has 1 aromatic rings. The van der Waals surface area contributed by atoms with Gasteiger partial charge in [-0.1, -0.05) is 35.9 Å². The van der Waals surface area contributed by atoms with Crippen LogP contribution in [0.15, 0.2) is 30.3 Å². The molecule has 0 spiro atoms. The number of hydrogen-bond acceptors (Lipinski definition) is 1. The van der Waals surface area contributed by atoms with Gasteiger partial charge in [-0.3, -0.25) is 0 Å². The third-order valence-corrected chi connectivity index (χ3v) is 1.68. The summed E-state index contributed by atoms with van der Waals surface area (Å²) in [5.41, 5.74) is 6.64. The van der Waals surface area contributed by atoms with E-state index in [-0.39, 0.29) is 6.04 Å². The zero-order chi connectivity index (χ0) is 8.97. The number of nitrogens with two attached hydrogens (primary N) is 1. The molecule has 0 bridgehead atoms. The molecule has 64 valence electrons. The molecule has 1 rings (SSSR count). The summed E-state index contributed by atoms with van der Waals surface area (Å²) in [5.74, 6) is 0. The molecule has 0 saturated carbocycles. The first kappa shape index (κ1) is 9.30. The highest BCUT2D eigenvalue weighted by atomic mass is 35.5. The number of benzene rings is 1. The van der Waals surface area contributed by atoms with Crippen LogP contribution in [-0.2, 0) is 0 Å². The van der Waals surface area contributed by atoms with Crippen molar-refractivity contribution >= 4 is 17.7 Å². The lowest BCUT2D eigenvalue weighted by Crippen LogP contribution is -2.09. The van der Waals surface area contributed by atoms with Gasteiger partial charge in [-0.2, -0.15) is 0 Å². The fraction of sp³-hybridized carbons (Fsp3) is 0.200. The third-order valence-electron chi connectivity index (χ3n) is 1.44. The van der Waals surface area contributed by atoms with Crippen LogP contribution in [0.25, 0.3) is 6.08 Å². The lowest BCUT2D eigenvalue weighted by molar-refractivity contribution is 0.931. The molecule has 1 unspecified atom stereocenters. The zero-order valence-corrected chi connectivity index (χ0v) is 7.75. The smallest absolute Gasteiger partial charge is 0.0411 e. The highest BCUT2D eigenvalue weighted by molar-refractivity contribution is 6.30. The van der Waals surface area contributed by atoms with Crippen molar-refractivity contribution in [3.8, 4) is 0 Å². The Morgan fingerprint density at radius 2 is 2.25 bits per heavy atom. The topological polar surface area (TPSA) is 26.0 Å². The Kier molecular flexibility index (Phi) is 3.32. The first-order chi connectivity index (χ1) is 5.68. The van der Waals surface area contributed by atoms with Crippen LogP contribution < -0.4 is 5.73 Å². The van der Waals surface area contributed by atoms with Crippen LogP contribution in [0.2, 0.25) is 5.02 Å². The van der Waals surface area contributed by atoms with Gasteiger partial charge in [0.05, 0.1) is 0 Å². The highest BCUT2D eigenvalue weighted by Gasteiger charge is 1.89. The second kappa shape index (κ2) is 4.29. The average Bonchev–Trinajstić information content (AvgIpc) is 2.01. The van der Waals surface area contributed by atoms with E-state index in [2.05, 4.69) is 0 Å². The van der Waals surface area contributed by atoms with Crippen molar-refractivity contribution < 1.29 is 0 Å². The van der Waals surface area contributed by atoms with E-state index >= 15 is 0 Å². The third kappa shape index (κ3) is 3.07. The number of hydrogen-bond donors (Lipinski definition) is 1. The molecule has 0 amide bonds.